The van der Waals surface area contributed by atoms with Crippen LogP contribution >= 0.6 is 0 Å². The average Bonchev–Trinajstić information content (AvgIpc) is 3.85. The zero-order chi connectivity index (χ0) is 40.3. The van der Waals surface area contributed by atoms with Crippen LogP contribution in [0.3, 0.4) is 0 Å². The highest BCUT2D eigenvalue weighted by Gasteiger charge is 2.19. The van der Waals surface area contributed by atoms with Gasteiger partial charge in [-0.2, -0.15) is 0 Å². The van der Waals surface area contributed by atoms with Gasteiger partial charge >= 0.3 is 0 Å². The Kier molecular flexibility index (Phi) is 10.00. The minimum absolute atomic E-state index is 0.121. The van der Waals surface area contributed by atoms with Crippen molar-refractivity contribution in [2.75, 3.05) is 0 Å². The number of para-hydroxylation sites is 2. The Morgan fingerprint density at radius 3 is 1.81 bits per heavy atom. The van der Waals surface area contributed by atoms with Gasteiger partial charge < -0.3 is 14.7 Å². The number of nitrogen functional groups attached to an aromatic ring is 1. The molecular weight excluding hydrogens is 719 g/mol. The summed E-state index contributed by atoms with van der Waals surface area (Å²) in [4.78, 5) is 3.76. The lowest BCUT2D eigenvalue weighted by Gasteiger charge is -2.11. The number of hydrogen-bond acceptors (Lipinski definition) is 2. The normalized spacial score (nSPS) is 11.1. The van der Waals surface area contributed by atoms with E-state index in [2.05, 4.69) is 167 Å². The number of nitrogens with two attached hydrogens (primary N) is 1. The van der Waals surface area contributed by atoms with Crippen LogP contribution in [0.5, 0.6) is 0 Å². The van der Waals surface area contributed by atoms with E-state index in [1.54, 1.807) is 0 Å². The summed E-state index contributed by atoms with van der Waals surface area (Å²) < 4.78 is 4.93. The summed E-state index contributed by atoms with van der Waals surface area (Å²) in [5.74, 6) is 0.121. The van der Waals surface area contributed by atoms with Crippen molar-refractivity contribution in [3.8, 4) is 16.8 Å². The van der Waals surface area contributed by atoms with E-state index in [-0.39, 0.29) is 5.84 Å². The van der Waals surface area contributed by atoms with Crippen LogP contribution in [-0.2, 0) is 6.54 Å². The number of aryl methyl sites for hydroxylation is 1. The molecule has 5 heteroatoms. The topological polar surface area (TPSA) is 71.6 Å². The van der Waals surface area contributed by atoms with Gasteiger partial charge in [0.25, 0.3) is 0 Å². The minimum atomic E-state index is 0.121. The van der Waals surface area contributed by atoms with E-state index in [0.717, 1.165) is 12.1 Å². The molecule has 0 aliphatic heterocycles. The van der Waals surface area contributed by atoms with Crippen molar-refractivity contribution in [3.63, 3.8) is 0 Å². The zero-order valence-electron chi connectivity index (χ0n) is 32.9. The van der Waals surface area contributed by atoms with Gasteiger partial charge in [0.05, 0.1) is 34.1 Å². The molecule has 0 unspecified atom stereocenters. The monoisotopic (exact) mass is 761 g/mol. The molecule has 5 nitrogen and oxygen atoms in total. The number of amidine groups is 1. The highest BCUT2D eigenvalue weighted by Crippen LogP contribution is 2.41. The highest BCUT2D eigenvalue weighted by atomic mass is 15.0. The number of nitrogens with one attached hydrogen (secondary N) is 1. The van der Waals surface area contributed by atoms with Gasteiger partial charge in [-0.3, -0.25) is 10.4 Å². The van der Waals surface area contributed by atoms with Gasteiger partial charge in [0, 0.05) is 38.2 Å². The molecule has 0 bridgehead atoms. The van der Waals surface area contributed by atoms with Crippen LogP contribution in [0.1, 0.15) is 16.7 Å². The Labute approximate surface area is 343 Å². The van der Waals surface area contributed by atoms with E-state index in [1.807, 2.05) is 60.7 Å². The second kappa shape index (κ2) is 16.0. The molecule has 11 rings (SSSR count). The van der Waals surface area contributed by atoms with Crippen LogP contribution in [0, 0.1) is 12.3 Å². The Bertz CT molecular complexity index is 3300. The Hall–Kier alpha value is -7.76. The van der Waals surface area contributed by atoms with E-state index in [1.165, 1.54) is 87.8 Å². The molecule has 284 valence electrons. The lowest BCUT2D eigenvalue weighted by Crippen LogP contribution is -2.10. The second-order valence-corrected chi connectivity index (χ2v) is 14.7. The predicted molar refractivity (Wildman–Crippen MR) is 252 cm³/mol. The number of fused-ring (bicyclic) bond motifs is 12. The van der Waals surface area contributed by atoms with Crippen molar-refractivity contribution >= 4 is 72.5 Å². The molecule has 3 aromatic heterocycles. The van der Waals surface area contributed by atoms with E-state index in [4.69, 9.17) is 11.1 Å². The van der Waals surface area contributed by atoms with Gasteiger partial charge in [0.1, 0.15) is 5.84 Å². The van der Waals surface area contributed by atoms with Crippen molar-refractivity contribution in [2.24, 2.45) is 10.7 Å². The largest absolute Gasteiger partial charge is 0.384 e. The third-order valence-corrected chi connectivity index (χ3v) is 10.9. The number of rotatable bonds is 5. The quantitative estimate of drug-likeness (QED) is 0.102. The average molecular weight is 762 g/mol. The zero-order valence-corrected chi connectivity index (χ0v) is 32.9. The van der Waals surface area contributed by atoms with E-state index in [9.17, 15) is 0 Å². The summed E-state index contributed by atoms with van der Waals surface area (Å²) in [6.07, 6.45) is 0. The molecule has 0 aliphatic carbocycles. The lowest BCUT2D eigenvalue weighted by molar-refractivity contribution is 1.08. The second-order valence-electron chi connectivity index (χ2n) is 14.7. The summed E-state index contributed by atoms with van der Waals surface area (Å²) in [6, 6.07) is 70.4. The van der Waals surface area contributed by atoms with Gasteiger partial charge in [-0.25, -0.2) is 0 Å². The fourth-order valence-corrected chi connectivity index (χ4v) is 8.29. The van der Waals surface area contributed by atoms with E-state index < -0.39 is 0 Å². The minimum Gasteiger partial charge on any atom is -0.384 e. The molecule has 59 heavy (non-hydrogen) atoms. The molecular formula is C54H43N5. The first-order valence-corrected chi connectivity index (χ1v) is 19.8. The van der Waals surface area contributed by atoms with Gasteiger partial charge in [0.15, 0.2) is 0 Å². The third kappa shape index (κ3) is 7.00. The van der Waals surface area contributed by atoms with Crippen LogP contribution < -0.4 is 5.73 Å². The number of aromatic nitrogens is 2. The van der Waals surface area contributed by atoms with Crippen LogP contribution in [0.25, 0.3) is 76.7 Å². The first-order chi connectivity index (χ1) is 29.0. The summed E-state index contributed by atoms with van der Waals surface area (Å²) >= 11 is 0. The maximum absolute atomic E-state index is 7.01. The van der Waals surface area contributed by atoms with Crippen LogP contribution in [0.15, 0.2) is 205 Å². The van der Waals surface area contributed by atoms with Crippen LogP contribution in [0.4, 0.5) is 0 Å². The van der Waals surface area contributed by atoms with Crippen molar-refractivity contribution in [1.82, 2.24) is 8.97 Å². The molecule has 0 aliphatic rings. The summed E-state index contributed by atoms with van der Waals surface area (Å²) in [5, 5.41) is 14.7. The third-order valence-electron chi connectivity index (χ3n) is 10.9. The van der Waals surface area contributed by atoms with Gasteiger partial charge in [-0.15, -0.1) is 0 Å². The smallest absolute Gasteiger partial charge is 0.122 e. The molecule has 0 radical (unpaired) electrons. The highest BCUT2D eigenvalue weighted by molar-refractivity contribution is 6.24. The molecule has 0 atom stereocenters. The van der Waals surface area contributed by atoms with Crippen molar-refractivity contribution < 1.29 is 0 Å². The van der Waals surface area contributed by atoms with E-state index in [0.29, 0.717) is 0 Å². The maximum Gasteiger partial charge on any atom is 0.122 e. The first kappa shape index (κ1) is 36.9. The Morgan fingerprint density at radius 2 is 1.14 bits per heavy atom. The standard InChI is InChI=1S/C39H26N2.C8H9N.C7H8N2/c1-25-10-8-11-26(22-25)27-12-9-13-29(23-27)40-35-19-7-5-17-33(35)38-36(40)21-20-28-24-37-32-16-3-2-14-30(32)31-15-4-6-18-34(31)41(37)39(28)38;1-9-7-8-5-3-2-4-6-8;8-7(9)6-4-2-1-3-5-6/h2-24H,1H3;2-6H,1,7H2;1-5H,(H3,8,9). The molecule has 0 fully saturated rings. The molecule has 0 amide bonds. The number of hydrogen-bond donors (Lipinski definition) is 2. The predicted octanol–water partition coefficient (Wildman–Crippen LogP) is 13.3. The van der Waals surface area contributed by atoms with Gasteiger partial charge in [0.2, 0.25) is 0 Å². The van der Waals surface area contributed by atoms with Gasteiger partial charge in [-0.05, 0) is 72.1 Å². The molecule has 8 aromatic carbocycles. The Morgan fingerprint density at radius 1 is 0.542 bits per heavy atom. The molecule has 0 spiro atoms. The first-order valence-electron chi connectivity index (χ1n) is 19.8. The van der Waals surface area contributed by atoms with Crippen LogP contribution in [0.2, 0.25) is 0 Å². The number of nitrogens with zero attached hydrogens (tertiary/aromatic N) is 3. The molecule has 0 saturated carbocycles. The summed E-state index contributed by atoms with van der Waals surface area (Å²) in [5.41, 5.74) is 18.3. The maximum atomic E-state index is 7.01. The summed E-state index contributed by atoms with van der Waals surface area (Å²) in [7, 11) is 0. The molecule has 11 aromatic rings. The van der Waals surface area contributed by atoms with Crippen molar-refractivity contribution in [3.05, 3.63) is 217 Å². The molecule has 3 N–H and O–H groups in total. The Balaban J connectivity index is 0.000000207. The summed E-state index contributed by atoms with van der Waals surface area (Å²) in [6.45, 7) is 6.28. The fourth-order valence-electron chi connectivity index (χ4n) is 8.29. The molecule has 3 heterocycles. The van der Waals surface area contributed by atoms with Crippen LogP contribution in [-0.4, -0.2) is 21.5 Å². The number of aliphatic imine (C=N–C) groups is 1. The number of benzene rings is 8. The number of pyridine rings is 1. The lowest BCUT2D eigenvalue weighted by atomic mass is 10.0. The van der Waals surface area contributed by atoms with Crippen molar-refractivity contribution in [1.29, 1.82) is 5.41 Å². The molecule has 0 saturated heterocycles. The SMILES string of the molecule is C=NCc1ccccc1.Cc1cccc(-c2cccc(-n3c4ccccc4c4c3ccc3cc5c6ccccc6c6ccccc6n5c34)c2)c1.N=C(N)c1ccccc1. The van der Waals surface area contributed by atoms with Crippen molar-refractivity contribution in [2.45, 2.75) is 13.5 Å². The fraction of sp³-hybridized carbons (Fsp3) is 0.0370. The van der Waals surface area contributed by atoms with E-state index >= 15 is 0 Å². The van der Waals surface area contributed by atoms with Gasteiger partial charge in [-0.1, -0.05) is 169 Å².